The smallest absolute Gasteiger partial charge is 0.419 e. The van der Waals surface area contributed by atoms with Gasteiger partial charge in [0.25, 0.3) is 0 Å². The fourth-order valence-electron chi connectivity index (χ4n) is 1.60. The summed E-state index contributed by atoms with van der Waals surface area (Å²) in [5, 5.41) is 0.998. The summed E-state index contributed by atoms with van der Waals surface area (Å²) in [5.74, 6) is 0. The van der Waals surface area contributed by atoms with Gasteiger partial charge in [0, 0.05) is 16.1 Å². The number of para-hydroxylation sites is 1. The lowest BCUT2D eigenvalue weighted by molar-refractivity contribution is 0.0544. The highest BCUT2D eigenvalue weighted by Crippen LogP contribution is 2.26. The average Bonchev–Trinajstić information content (AvgIpc) is 2.55. The molecule has 1 heterocycles. The van der Waals surface area contributed by atoms with Gasteiger partial charge in [0.15, 0.2) is 0 Å². The van der Waals surface area contributed by atoms with Crippen molar-refractivity contribution < 1.29 is 9.53 Å². The van der Waals surface area contributed by atoms with Crippen LogP contribution in [0, 0.1) is 0 Å². The number of nitrogens with zero attached hydrogens (tertiary/aromatic N) is 1. The molecule has 2 aromatic rings. The maximum atomic E-state index is 12.0. The van der Waals surface area contributed by atoms with Crippen molar-refractivity contribution in [1.29, 1.82) is 0 Å². The van der Waals surface area contributed by atoms with Crippen LogP contribution in [0.5, 0.6) is 0 Å². The molecule has 0 aliphatic heterocycles. The fourth-order valence-corrected chi connectivity index (χ4v) is 2.14. The Balaban J connectivity index is 2.46. The second-order valence-corrected chi connectivity index (χ2v) is 5.70. The van der Waals surface area contributed by atoms with E-state index in [9.17, 15) is 4.79 Å². The Morgan fingerprint density at radius 2 is 1.94 bits per heavy atom. The molecule has 0 aliphatic rings. The Bertz CT molecular complexity index is 566. The van der Waals surface area contributed by atoms with Gasteiger partial charge in [-0.25, -0.2) is 4.79 Å². The number of fused-ring (bicyclic) bond motifs is 1. The fraction of sp³-hybridized carbons (Fsp3) is 0.308. The normalized spacial score (nSPS) is 11.8. The van der Waals surface area contributed by atoms with E-state index in [2.05, 4.69) is 15.9 Å². The van der Waals surface area contributed by atoms with Crippen molar-refractivity contribution in [1.82, 2.24) is 4.57 Å². The highest BCUT2D eigenvalue weighted by atomic mass is 79.9. The highest BCUT2D eigenvalue weighted by molar-refractivity contribution is 9.10. The lowest BCUT2D eigenvalue weighted by Gasteiger charge is -2.19. The molecule has 0 fully saturated rings. The number of halogens is 1. The molecule has 0 atom stereocenters. The van der Waals surface area contributed by atoms with Crippen LogP contribution >= 0.6 is 15.9 Å². The second kappa shape index (κ2) is 4.18. The molecule has 4 heteroatoms. The number of ether oxygens (including phenoxy) is 1. The van der Waals surface area contributed by atoms with Gasteiger partial charge in [0.1, 0.15) is 5.60 Å². The molecule has 0 amide bonds. The van der Waals surface area contributed by atoms with E-state index in [0.717, 1.165) is 15.4 Å². The Kier molecular flexibility index (Phi) is 3.00. The summed E-state index contributed by atoms with van der Waals surface area (Å²) in [6.45, 7) is 5.56. The summed E-state index contributed by atoms with van der Waals surface area (Å²) in [6, 6.07) is 7.69. The molecule has 3 nitrogen and oxygen atoms in total. The van der Waals surface area contributed by atoms with E-state index in [1.54, 1.807) is 6.20 Å². The number of hydrogen-bond acceptors (Lipinski definition) is 2. The lowest BCUT2D eigenvalue weighted by Crippen LogP contribution is -2.26. The zero-order chi connectivity index (χ0) is 12.6. The van der Waals surface area contributed by atoms with Crippen molar-refractivity contribution in [2.75, 3.05) is 0 Å². The van der Waals surface area contributed by atoms with E-state index in [1.165, 1.54) is 4.57 Å². The number of hydrogen-bond donors (Lipinski definition) is 0. The number of rotatable bonds is 0. The van der Waals surface area contributed by atoms with E-state index in [-0.39, 0.29) is 6.09 Å². The Morgan fingerprint density at radius 3 is 2.59 bits per heavy atom. The van der Waals surface area contributed by atoms with Crippen molar-refractivity contribution in [2.24, 2.45) is 0 Å². The first-order chi connectivity index (χ1) is 7.88. The SMILES string of the molecule is CC(C)(C)OC(=O)n1cc(Br)c2ccccc21. The minimum absolute atomic E-state index is 0.362. The van der Waals surface area contributed by atoms with Crippen molar-refractivity contribution in [3.63, 3.8) is 0 Å². The van der Waals surface area contributed by atoms with Gasteiger partial charge >= 0.3 is 6.09 Å². The topological polar surface area (TPSA) is 31.2 Å². The highest BCUT2D eigenvalue weighted by Gasteiger charge is 2.19. The van der Waals surface area contributed by atoms with Gasteiger partial charge in [-0.15, -0.1) is 0 Å². The van der Waals surface area contributed by atoms with Gasteiger partial charge in [-0.3, -0.25) is 4.57 Å². The quantitative estimate of drug-likeness (QED) is 0.730. The summed E-state index contributed by atoms with van der Waals surface area (Å²) in [6.07, 6.45) is 1.37. The van der Waals surface area contributed by atoms with Gasteiger partial charge in [0.05, 0.1) is 5.52 Å². The summed E-state index contributed by atoms with van der Waals surface area (Å²) in [7, 11) is 0. The first kappa shape index (κ1) is 12.2. The minimum Gasteiger partial charge on any atom is -0.443 e. The van der Waals surface area contributed by atoms with Crippen LogP contribution in [-0.4, -0.2) is 16.3 Å². The van der Waals surface area contributed by atoms with Crippen LogP contribution in [0.4, 0.5) is 4.79 Å². The molecule has 1 aromatic heterocycles. The molecular weight excluding hydrogens is 282 g/mol. The maximum absolute atomic E-state index is 12.0. The molecule has 0 aliphatic carbocycles. The van der Waals surface area contributed by atoms with Crippen LogP contribution in [-0.2, 0) is 4.74 Å². The van der Waals surface area contributed by atoms with Gasteiger partial charge in [-0.2, -0.15) is 0 Å². The molecule has 0 N–H and O–H groups in total. The predicted octanol–water partition coefficient (Wildman–Crippen LogP) is 4.19. The standard InChI is InChI=1S/C13H14BrNO2/c1-13(2,3)17-12(16)15-8-10(14)9-6-4-5-7-11(9)15/h4-8H,1-3H3. The predicted molar refractivity (Wildman–Crippen MR) is 71.3 cm³/mol. The lowest BCUT2D eigenvalue weighted by atomic mass is 10.2. The van der Waals surface area contributed by atoms with E-state index < -0.39 is 5.60 Å². The van der Waals surface area contributed by atoms with Crippen LogP contribution < -0.4 is 0 Å². The van der Waals surface area contributed by atoms with Crippen LogP contribution in [0.15, 0.2) is 34.9 Å². The number of benzene rings is 1. The van der Waals surface area contributed by atoms with Gasteiger partial charge in [-0.1, -0.05) is 18.2 Å². The molecule has 90 valence electrons. The van der Waals surface area contributed by atoms with E-state index in [1.807, 2.05) is 45.0 Å². The Morgan fingerprint density at radius 1 is 1.29 bits per heavy atom. The molecule has 0 bridgehead atoms. The van der Waals surface area contributed by atoms with Crippen molar-refractivity contribution >= 4 is 32.9 Å². The maximum Gasteiger partial charge on any atom is 0.419 e. The second-order valence-electron chi connectivity index (χ2n) is 4.84. The first-order valence-corrected chi connectivity index (χ1v) is 6.17. The minimum atomic E-state index is -0.491. The van der Waals surface area contributed by atoms with Crippen LogP contribution in [0.3, 0.4) is 0 Å². The van der Waals surface area contributed by atoms with E-state index >= 15 is 0 Å². The summed E-state index contributed by atoms with van der Waals surface area (Å²) in [4.78, 5) is 12.0. The molecule has 0 saturated carbocycles. The molecule has 1 aromatic carbocycles. The third-order valence-corrected chi connectivity index (χ3v) is 2.89. The average molecular weight is 296 g/mol. The largest absolute Gasteiger partial charge is 0.443 e. The zero-order valence-electron chi connectivity index (χ0n) is 10.0. The Labute approximate surface area is 108 Å². The van der Waals surface area contributed by atoms with Crippen molar-refractivity contribution in [3.05, 3.63) is 34.9 Å². The number of carbonyl (C=O) groups excluding carboxylic acids is 1. The molecule has 0 radical (unpaired) electrons. The van der Waals surface area contributed by atoms with Gasteiger partial charge in [-0.05, 0) is 42.8 Å². The number of aromatic nitrogens is 1. The molecule has 0 spiro atoms. The number of carbonyl (C=O) groups is 1. The summed E-state index contributed by atoms with van der Waals surface area (Å²) < 4.78 is 7.75. The third-order valence-electron chi connectivity index (χ3n) is 2.25. The summed E-state index contributed by atoms with van der Waals surface area (Å²) in [5.41, 5.74) is 0.350. The third kappa shape index (κ3) is 2.52. The van der Waals surface area contributed by atoms with Gasteiger partial charge in [0.2, 0.25) is 0 Å². The molecule has 2 rings (SSSR count). The molecule has 0 saturated heterocycles. The first-order valence-electron chi connectivity index (χ1n) is 5.37. The van der Waals surface area contributed by atoms with Crippen molar-refractivity contribution in [2.45, 2.75) is 26.4 Å². The summed E-state index contributed by atoms with van der Waals surface area (Å²) >= 11 is 3.44. The zero-order valence-corrected chi connectivity index (χ0v) is 11.6. The Hall–Kier alpha value is -1.29. The van der Waals surface area contributed by atoms with E-state index in [4.69, 9.17) is 4.74 Å². The van der Waals surface area contributed by atoms with Crippen LogP contribution in [0.2, 0.25) is 0 Å². The molecule has 0 unspecified atom stereocenters. The van der Waals surface area contributed by atoms with Crippen LogP contribution in [0.25, 0.3) is 10.9 Å². The molecular formula is C13H14BrNO2. The monoisotopic (exact) mass is 295 g/mol. The van der Waals surface area contributed by atoms with E-state index in [0.29, 0.717) is 0 Å². The molecule has 17 heavy (non-hydrogen) atoms. The van der Waals surface area contributed by atoms with Crippen LogP contribution in [0.1, 0.15) is 20.8 Å². The van der Waals surface area contributed by atoms with Gasteiger partial charge < -0.3 is 4.74 Å². The van der Waals surface area contributed by atoms with Crippen molar-refractivity contribution in [3.8, 4) is 0 Å².